The summed E-state index contributed by atoms with van der Waals surface area (Å²) in [6.07, 6.45) is 5.07. The second-order valence-corrected chi connectivity index (χ2v) is 6.91. The van der Waals surface area contributed by atoms with Crippen LogP contribution in [-0.2, 0) is 4.79 Å². The maximum Gasteiger partial charge on any atom is 0.320 e. The normalized spacial score (nSPS) is 17.9. The van der Waals surface area contributed by atoms with Crippen molar-refractivity contribution in [1.82, 2.24) is 9.88 Å². The molecule has 2 aromatic carbocycles. The highest BCUT2D eigenvalue weighted by Crippen LogP contribution is 2.36. The molecule has 1 aromatic heterocycles. The molecule has 1 N–H and O–H groups in total. The minimum Gasteiger partial charge on any atom is -0.480 e. The van der Waals surface area contributed by atoms with Crippen LogP contribution in [0.3, 0.4) is 0 Å². The lowest BCUT2D eigenvalue weighted by molar-refractivity contribution is -0.142. The minimum absolute atomic E-state index is 0.184. The van der Waals surface area contributed by atoms with E-state index in [4.69, 9.17) is 4.74 Å². The number of hydrogen-bond donors (Lipinski definition) is 1. The topological polar surface area (TPSA) is 62.7 Å². The maximum atomic E-state index is 11.8. The lowest BCUT2D eigenvalue weighted by atomic mass is 9.97. The van der Waals surface area contributed by atoms with Crippen LogP contribution in [0.1, 0.15) is 30.0 Å². The van der Waals surface area contributed by atoms with Crippen LogP contribution >= 0.6 is 0 Å². The number of ether oxygens (including phenoxy) is 1. The Morgan fingerprint density at radius 2 is 1.82 bits per heavy atom. The predicted molar refractivity (Wildman–Crippen MR) is 106 cm³/mol. The number of carboxylic acid groups (broad SMARTS) is 1. The van der Waals surface area contributed by atoms with Gasteiger partial charge >= 0.3 is 5.97 Å². The third kappa shape index (κ3) is 3.89. The number of benzene rings is 2. The molecular formula is C23H22N2O3. The first-order valence-corrected chi connectivity index (χ1v) is 9.44. The Balaban J connectivity index is 1.71. The molecule has 2 atom stereocenters. The number of rotatable bonds is 6. The van der Waals surface area contributed by atoms with Gasteiger partial charge in [0.05, 0.1) is 6.04 Å². The highest BCUT2D eigenvalue weighted by atomic mass is 16.5. The molecule has 2 unspecified atom stereocenters. The van der Waals surface area contributed by atoms with Gasteiger partial charge in [-0.1, -0.05) is 36.4 Å². The Bertz CT molecular complexity index is 931. The van der Waals surface area contributed by atoms with Gasteiger partial charge in [0.2, 0.25) is 0 Å². The van der Waals surface area contributed by atoms with E-state index in [0.29, 0.717) is 6.42 Å². The van der Waals surface area contributed by atoms with Gasteiger partial charge in [-0.05, 0) is 54.3 Å². The van der Waals surface area contributed by atoms with E-state index >= 15 is 0 Å². The summed E-state index contributed by atoms with van der Waals surface area (Å²) in [5.41, 5.74) is 1.97. The highest BCUT2D eigenvalue weighted by molar-refractivity contribution is 5.74. The molecule has 0 radical (unpaired) electrons. The lowest BCUT2D eigenvalue weighted by Gasteiger charge is -2.32. The number of pyridine rings is 1. The molecule has 28 heavy (non-hydrogen) atoms. The van der Waals surface area contributed by atoms with Crippen LogP contribution < -0.4 is 4.74 Å². The summed E-state index contributed by atoms with van der Waals surface area (Å²) in [6.45, 7) is 0.736. The summed E-state index contributed by atoms with van der Waals surface area (Å²) in [4.78, 5) is 18.1. The quantitative estimate of drug-likeness (QED) is 0.688. The monoisotopic (exact) mass is 374 g/mol. The van der Waals surface area contributed by atoms with Crippen LogP contribution in [0.15, 0.2) is 79.1 Å². The van der Waals surface area contributed by atoms with E-state index in [1.807, 2.05) is 72.9 Å². The van der Waals surface area contributed by atoms with Gasteiger partial charge < -0.3 is 9.84 Å². The van der Waals surface area contributed by atoms with Gasteiger partial charge in [0, 0.05) is 18.9 Å². The van der Waals surface area contributed by atoms with Crippen molar-refractivity contribution in [3.05, 3.63) is 90.3 Å². The van der Waals surface area contributed by atoms with E-state index < -0.39 is 12.0 Å². The van der Waals surface area contributed by atoms with E-state index in [9.17, 15) is 9.90 Å². The van der Waals surface area contributed by atoms with Gasteiger partial charge in [-0.15, -0.1) is 0 Å². The Labute approximate surface area is 164 Å². The standard InChI is InChI=1S/C23H22N2O3/c26-23(27)21-12-6-14-25(21)22(18-8-5-13-24-16-18)17-7-4-11-20(15-17)28-19-9-2-1-3-10-19/h1-5,7-11,13,15-16,21-22H,6,12,14H2,(H,26,27). The van der Waals surface area contributed by atoms with E-state index in [1.54, 1.807) is 6.20 Å². The van der Waals surface area contributed by atoms with Crippen molar-refractivity contribution >= 4 is 5.97 Å². The third-order valence-corrected chi connectivity index (χ3v) is 5.06. The van der Waals surface area contributed by atoms with Crippen molar-refractivity contribution in [1.29, 1.82) is 0 Å². The van der Waals surface area contributed by atoms with Gasteiger partial charge in [0.25, 0.3) is 0 Å². The number of hydrogen-bond acceptors (Lipinski definition) is 4. The molecule has 0 bridgehead atoms. The molecule has 1 saturated heterocycles. The first-order valence-electron chi connectivity index (χ1n) is 9.44. The van der Waals surface area contributed by atoms with Gasteiger partial charge in [-0.25, -0.2) is 0 Å². The molecule has 1 aliphatic rings. The maximum absolute atomic E-state index is 11.8. The first-order chi connectivity index (χ1) is 13.7. The first kappa shape index (κ1) is 18.2. The molecule has 4 rings (SSSR count). The number of likely N-dealkylation sites (tertiary alicyclic amines) is 1. The molecule has 5 nitrogen and oxygen atoms in total. The highest BCUT2D eigenvalue weighted by Gasteiger charge is 2.37. The number of carboxylic acids is 1. The Morgan fingerprint density at radius 1 is 1.04 bits per heavy atom. The molecule has 0 spiro atoms. The fourth-order valence-electron chi connectivity index (χ4n) is 3.85. The Morgan fingerprint density at radius 3 is 2.57 bits per heavy atom. The lowest BCUT2D eigenvalue weighted by Crippen LogP contribution is -2.39. The molecule has 0 amide bonds. The second kappa shape index (κ2) is 8.23. The van der Waals surface area contributed by atoms with Crippen LogP contribution in [0.4, 0.5) is 0 Å². The van der Waals surface area contributed by atoms with Crippen LogP contribution in [0, 0.1) is 0 Å². The Kier molecular flexibility index (Phi) is 5.35. The Hall–Kier alpha value is -3.18. The number of carbonyl (C=O) groups is 1. The van der Waals surface area contributed by atoms with Crippen molar-refractivity contribution in [2.24, 2.45) is 0 Å². The smallest absolute Gasteiger partial charge is 0.320 e. The van der Waals surface area contributed by atoms with Gasteiger partial charge in [-0.2, -0.15) is 0 Å². The molecule has 1 aliphatic heterocycles. The zero-order valence-corrected chi connectivity index (χ0v) is 15.4. The number of nitrogens with zero attached hydrogens (tertiary/aromatic N) is 2. The molecule has 0 aliphatic carbocycles. The molecule has 3 aromatic rings. The minimum atomic E-state index is -0.775. The largest absolute Gasteiger partial charge is 0.480 e. The van der Waals surface area contributed by atoms with Crippen molar-refractivity contribution in [3.63, 3.8) is 0 Å². The zero-order chi connectivity index (χ0) is 19.3. The van der Waals surface area contributed by atoms with Crippen molar-refractivity contribution < 1.29 is 14.6 Å². The van der Waals surface area contributed by atoms with Gasteiger partial charge in [0.1, 0.15) is 17.5 Å². The molecule has 5 heteroatoms. The molecule has 1 fully saturated rings. The number of aromatic nitrogens is 1. The average Bonchev–Trinajstić information content (AvgIpc) is 3.20. The van der Waals surface area contributed by atoms with Crippen molar-refractivity contribution in [3.8, 4) is 11.5 Å². The number of para-hydroxylation sites is 1. The van der Waals surface area contributed by atoms with Crippen LogP contribution in [0.2, 0.25) is 0 Å². The van der Waals surface area contributed by atoms with E-state index in [-0.39, 0.29) is 6.04 Å². The summed E-state index contributed by atoms with van der Waals surface area (Å²) < 4.78 is 5.99. The van der Waals surface area contributed by atoms with Crippen molar-refractivity contribution in [2.45, 2.75) is 24.9 Å². The van der Waals surface area contributed by atoms with Crippen LogP contribution in [0.25, 0.3) is 0 Å². The third-order valence-electron chi connectivity index (χ3n) is 5.06. The summed E-state index contributed by atoms with van der Waals surface area (Å²) >= 11 is 0. The number of aliphatic carboxylic acids is 1. The average molecular weight is 374 g/mol. The SMILES string of the molecule is O=C(O)C1CCCN1C(c1cccnc1)c1cccc(Oc2ccccc2)c1. The molecular weight excluding hydrogens is 352 g/mol. The van der Waals surface area contributed by atoms with Gasteiger partial charge in [0.15, 0.2) is 0 Å². The fourth-order valence-corrected chi connectivity index (χ4v) is 3.85. The van der Waals surface area contributed by atoms with Crippen LogP contribution in [0.5, 0.6) is 11.5 Å². The van der Waals surface area contributed by atoms with Crippen molar-refractivity contribution in [2.75, 3.05) is 6.54 Å². The molecule has 0 saturated carbocycles. The van der Waals surface area contributed by atoms with E-state index in [2.05, 4.69) is 9.88 Å². The predicted octanol–water partition coefficient (Wildman–Crippen LogP) is 4.51. The summed E-state index contributed by atoms with van der Waals surface area (Å²) in [6, 6.07) is 20.7. The van der Waals surface area contributed by atoms with Crippen LogP contribution in [-0.4, -0.2) is 33.5 Å². The molecule has 142 valence electrons. The fraction of sp³-hybridized carbons (Fsp3) is 0.217. The van der Waals surface area contributed by atoms with E-state index in [1.165, 1.54) is 0 Å². The zero-order valence-electron chi connectivity index (χ0n) is 15.4. The summed E-state index contributed by atoms with van der Waals surface area (Å²) in [5.74, 6) is 0.717. The summed E-state index contributed by atoms with van der Waals surface area (Å²) in [5, 5.41) is 9.69. The molecule has 2 heterocycles. The summed E-state index contributed by atoms with van der Waals surface area (Å²) in [7, 11) is 0. The second-order valence-electron chi connectivity index (χ2n) is 6.91. The van der Waals surface area contributed by atoms with Gasteiger partial charge in [-0.3, -0.25) is 14.7 Å². The van der Waals surface area contributed by atoms with E-state index in [0.717, 1.165) is 35.6 Å².